The third kappa shape index (κ3) is 3.75. The third-order valence-electron chi connectivity index (χ3n) is 4.30. The first kappa shape index (κ1) is 19.6. The fourth-order valence-corrected chi connectivity index (χ4v) is 3.60. The highest BCUT2D eigenvalue weighted by atomic mass is 32.1. The van der Waals surface area contributed by atoms with Crippen LogP contribution in [0.4, 0.5) is 11.4 Å². The average Bonchev–Trinajstić information content (AvgIpc) is 3.39. The van der Waals surface area contributed by atoms with Gasteiger partial charge in [0.2, 0.25) is 0 Å². The van der Waals surface area contributed by atoms with Crippen LogP contribution in [-0.4, -0.2) is 24.7 Å². The summed E-state index contributed by atoms with van der Waals surface area (Å²) >= 11 is 6.33. The molecule has 2 heterocycles. The summed E-state index contributed by atoms with van der Waals surface area (Å²) in [5, 5.41) is 16.8. The molecule has 2 N–H and O–H groups in total. The van der Waals surface area contributed by atoms with Crippen LogP contribution in [0.25, 0.3) is 22.4 Å². The summed E-state index contributed by atoms with van der Waals surface area (Å²) in [4.78, 5) is 23.2. The molecule has 0 bridgehead atoms. The molecule has 9 nitrogen and oxygen atoms in total. The number of amides is 1. The minimum atomic E-state index is -0.585. The number of nitro benzene ring substituents is 1. The molecule has 1 amide bonds. The van der Waals surface area contributed by atoms with E-state index in [0.29, 0.717) is 11.2 Å². The Hall–Kier alpha value is -3.70. The largest absolute Gasteiger partial charge is 0.451 e. The Balaban J connectivity index is 1.51. The van der Waals surface area contributed by atoms with Crippen LogP contribution in [0.15, 0.2) is 52.9 Å². The van der Waals surface area contributed by atoms with Crippen LogP contribution in [0.5, 0.6) is 0 Å². The minimum Gasteiger partial charge on any atom is -0.451 e. The van der Waals surface area contributed by atoms with Gasteiger partial charge in [-0.15, -0.1) is 0 Å². The summed E-state index contributed by atoms with van der Waals surface area (Å²) < 4.78 is 14.0. The lowest BCUT2D eigenvalue weighted by Crippen LogP contribution is -2.34. The lowest BCUT2D eigenvalue weighted by atomic mass is 10.1. The van der Waals surface area contributed by atoms with E-state index in [2.05, 4.69) is 19.4 Å². The van der Waals surface area contributed by atoms with Gasteiger partial charge in [0, 0.05) is 6.07 Å². The summed E-state index contributed by atoms with van der Waals surface area (Å²) in [6.07, 6.45) is 0. The van der Waals surface area contributed by atoms with Crippen LogP contribution >= 0.6 is 23.9 Å². The van der Waals surface area contributed by atoms with Gasteiger partial charge in [0.15, 0.2) is 10.9 Å². The Morgan fingerprint density at radius 2 is 1.97 bits per heavy atom. The normalized spacial score (nSPS) is 10.7. The van der Waals surface area contributed by atoms with Crippen LogP contribution in [0.3, 0.4) is 0 Å². The molecule has 0 saturated carbocycles. The highest BCUT2D eigenvalue weighted by Crippen LogP contribution is 2.31. The Morgan fingerprint density at radius 1 is 1.17 bits per heavy atom. The number of fused-ring (bicyclic) bond motifs is 1. The lowest BCUT2D eigenvalue weighted by molar-refractivity contribution is -0.384. The summed E-state index contributed by atoms with van der Waals surface area (Å²) in [6, 6.07) is 12.8. The number of aryl methyl sites for hydroxylation is 1. The number of para-hydroxylation sites is 1. The molecule has 11 heteroatoms. The molecular formula is C19H13N5O4S2. The molecule has 0 aliphatic rings. The third-order valence-corrected chi connectivity index (χ3v) is 5.04. The predicted molar refractivity (Wildman–Crippen MR) is 117 cm³/mol. The number of anilines is 1. The van der Waals surface area contributed by atoms with Crippen LogP contribution in [0.1, 0.15) is 16.1 Å². The smallest absolute Gasteiger partial charge is 0.293 e. The number of nitro groups is 1. The highest BCUT2D eigenvalue weighted by Gasteiger charge is 2.20. The molecule has 4 rings (SSSR count). The second kappa shape index (κ2) is 7.97. The number of carbonyl (C=O) groups excluding carboxylic acids is 1. The van der Waals surface area contributed by atoms with E-state index in [1.165, 1.54) is 18.2 Å². The van der Waals surface area contributed by atoms with Crippen molar-refractivity contribution in [1.82, 2.24) is 14.1 Å². The first-order valence-electron chi connectivity index (χ1n) is 8.62. The fourth-order valence-electron chi connectivity index (χ4n) is 2.87. The van der Waals surface area contributed by atoms with Crippen molar-refractivity contribution in [2.75, 3.05) is 5.32 Å². The summed E-state index contributed by atoms with van der Waals surface area (Å²) in [5.41, 5.74) is 3.10. The van der Waals surface area contributed by atoms with Gasteiger partial charge in [0.05, 0.1) is 27.9 Å². The van der Waals surface area contributed by atoms with Gasteiger partial charge in [-0.3, -0.25) is 20.2 Å². The van der Waals surface area contributed by atoms with E-state index in [1.54, 1.807) is 18.2 Å². The monoisotopic (exact) mass is 439 g/mol. The molecule has 4 aromatic rings. The van der Waals surface area contributed by atoms with Crippen LogP contribution in [0, 0.1) is 17.0 Å². The van der Waals surface area contributed by atoms with E-state index in [9.17, 15) is 14.9 Å². The fraction of sp³-hybridized carbons (Fsp3) is 0.0526. The number of rotatable bonds is 4. The summed E-state index contributed by atoms with van der Waals surface area (Å²) in [5.74, 6) is -0.406. The molecule has 0 radical (unpaired) electrons. The number of benzene rings is 2. The minimum absolute atomic E-state index is 0.0300. The van der Waals surface area contributed by atoms with Gasteiger partial charge in [0.1, 0.15) is 16.8 Å². The van der Waals surface area contributed by atoms with Gasteiger partial charge in [-0.2, -0.15) is 8.75 Å². The molecule has 0 spiro atoms. The zero-order chi connectivity index (χ0) is 21.3. The number of furan rings is 1. The van der Waals surface area contributed by atoms with Crippen LogP contribution in [0.2, 0.25) is 0 Å². The number of aromatic nitrogens is 2. The Morgan fingerprint density at radius 3 is 2.77 bits per heavy atom. The first-order valence-corrected chi connectivity index (χ1v) is 9.75. The Kier molecular flexibility index (Phi) is 5.21. The predicted octanol–water partition coefficient (Wildman–Crippen LogP) is 4.29. The van der Waals surface area contributed by atoms with E-state index in [0.717, 1.165) is 22.8 Å². The van der Waals surface area contributed by atoms with Crippen LogP contribution in [-0.2, 0) is 0 Å². The van der Waals surface area contributed by atoms with Gasteiger partial charge < -0.3 is 9.73 Å². The number of nitrogens with one attached hydrogen (secondary N) is 2. The maximum Gasteiger partial charge on any atom is 0.293 e. The molecular weight excluding hydrogens is 426 g/mol. The summed E-state index contributed by atoms with van der Waals surface area (Å²) in [7, 11) is 0. The molecule has 2 aromatic carbocycles. The molecule has 30 heavy (non-hydrogen) atoms. The quantitative estimate of drug-likeness (QED) is 0.274. The van der Waals surface area contributed by atoms with E-state index in [4.69, 9.17) is 16.6 Å². The number of hydrogen-bond acceptors (Lipinski definition) is 8. The average molecular weight is 439 g/mol. The molecule has 0 aliphatic heterocycles. The number of carbonyl (C=O) groups is 1. The maximum atomic E-state index is 12.5. The van der Waals surface area contributed by atoms with Crippen molar-refractivity contribution >= 4 is 57.4 Å². The van der Waals surface area contributed by atoms with Crippen molar-refractivity contribution in [3.63, 3.8) is 0 Å². The summed E-state index contributed by atoms with van der Waals surface area (Å²) in [6.45, 7) is 1.89. The maximum absolute atomic E-state index is 12.5. The number of nitrogens with zero attached hydrogens (tertiary/aromatic N) is 3. The van der Waals surface area contributed by atoms with E-state index in [-0.39, 0.29) is 27.9 Å². The second-order valence-electron chi connectivity index (χ2n) is 6.24. The van der Waals surface area contributed by atoms with Gasteiger partial charge in [-0.05, 0) is 49.0 Å². The zero-order valence-corrected chi connectivity index (χ0v) is 17.0. The molecule has 0 fully saturated rings. The van der Waals surface area contributed by atoms with Crippen molar-refractivity contribution in [2.45, 2.75) is 6.92 Å². The van der Waals surface area contributed by atoms with Crippen molar-refractivity contribution in [2.24, 2.45) is 0 Å². The topological polar surface area (TPSA) is 123 Å². The molecule has 2 aromatic heterocycles. The number of hydrogen-bond donors (Lipinski definition) is 2. The first-order chi connectivity index (χ1) is 14.4. The molecule has 150 valence electrons. The van der Waals surface area contributed by atoms with Crippen molar-refractivity contribution in [1.29, 1.82) is 0 Å². The van der Waals surface area contributed by atoms with E-state index >= 15 is 0 Å². The molecule has 0 unspecified atom stereocenters. The number of thiocarbonyl (C=S) groups is 1. The van der Waals surface area contributed by atoms with Gasteiger partial charge in [-0.25, -0.2) is 0 Å². The standard InChI is InChI=1S/C19H13N5O4S2/c1-10-6-7-12-17(23-30-22-12)16(10)20-19(29)21-18(25)15-9-8-14(28-15)11-4-2-3-5-13(11)24(26)27/h2-9H,1H3,(H2,20,21,25,29). The van der Waals surface area contributed by atoms with Crippen molar-refractivity contribution in [3.8, 4) is 11.3 Å². The van der Waals surface area contributed by atoms with Gasteiger partial charge in [0.25, 0.3) is 11.6 Å². The molecule has 0 atom stereocenters. The zero-order valence-electron chi connectivity index (χ0n) is 15.4. The lowest BCUT2D eigenvalue weighted by Gasteiger charge is -2.11. The van der Waals surface area contributed by atoms with E-state index in [1.807, 2.05) is 19.1 Å². The SMILES string of the molecule is Cc1ccc2nsnc2c1NC(=S)NC(=O)c1ccc(-c2ccccc2[N+](=O)[O-])o1. The Bertz CT molecular complexity index is 1300. The van der Waals surface area contributed by atoms with Gasteiger partial charge >= 0.3 is 0 Å². The Labute approximate surface area is 179 Å². The molecule has 0 aliphatic carbocycles. The van der Waals surface area contributed by atoms with Crippen LogP contribution < -0.4 is 10.6 Å². The van der Waals surface area contributed by atoms with Crippen molar-refractivity contribution in [3.05, 3.63) is 70.0 Å². The van der Waals surface area contributed by atoms with E-state index < -0.39 is 10.8 Å². The van der Waals surface area contributed by atoms with Crippen molar-refractivity contribution < 1.29 is 14.1 Å². The highest BCUT2D eigenvalue weighted by molar-refractivity contribution is 7.80. The molecule has 0 saturated heterocycles. The van der Waals surface area contributed by atoms with Gasteiger partial charge in [-0.1, -0.05) is 18.2 Å². The second-order valence-corrected chi connectivity index (χ2v) is 7.17.